The van der Waals surface area contributed by atoms with Crippen molar-refractivity contribution >= 4 is 0 Å². The van der Waals surface area contributed by atoms with Crippen molar-refractivity contribution in [2.75, 3.05) is 0 Å². The third-order valence-corrected chi connectivity index (χ3v) is 7.62. The molecule has 0 radical (unpaired) electrons. The second-order valence-electron chi connectivity index (χ2n) is 9.04. The maximum Gasteiger partial charge on any atom is -0.0234 e. The Morgan fingerprint density at radius 2 is 1.65 bits per heavy atom. The molecule has 0 aromatic heterocycles. The predicted octanol–water partition coefficient (Wildman–Crippen LogP) is 7.74. The molecule has 0 heterocycles. The highest BCUT2D eigenvalue weighted by atomic mass is 14.6. The van der Waals surface area contributed by atoms with Crippen LogP contribution in [0.2, 0.25) is 0 Å². The number of allylic oxidation sites excluding steroid dienone is 1. The Morgan fingerprint density at radius 1 is 1.04 bits per heavy atom. The van der Waals surface area contributed by atoms with Gasteiger partial charge in [-0.3, -0.25) is 0 Å². The van der Waals surface area contributed by atoms with E-state index in [0.29, 0.717) is 11.3 Å². The number of rotatable bonds is 12. The molecule has 0 amide bonds. The van der Waals surface area contributed by atoms with Gasteiger partial charge in [-0.25, -0.2) is 0 Å². The maximum atomic E-state index is 4.10. The first kappa shape index (κ1) is 20.8. The Morgan fingerprint density at radius 3 is 2.17 bits per heavy atom. The zero-order valence-electron chi connectivity index (χ0n) is 17.2. The first-order chi connectivity index (χ1) is 10.8. The molecule has 1 fully saturated rings. The molecule has 1 aliphatic rings. The molecule has 0 bridgehead atoms. The molecule has 0 saturated heterocycles. The number of hydrogen-bond donors (Lipinski definition) is 0. The van der Waals surface area contributed by atoms with Crippen LogP contribution in [0.4, 0.5) is 0 Å². The Bertz CT molecular complexity index is 344. The molecule has 0 aliphatic heterocycles. The molecule has 0 heteroatoms. The van der Waals surface area contributed by atoms with E-state index >= 15 is 0 Å². The van der Waals surface area contributed by atoms with Crippen molar-refractivity contribution in [2.45, 2.75) is 93.4 Å². The summed E-state index contributed by atoms with van der Waals surface area (Å²) in [5.74, 6) is 5.07. The van der Waals surface area contributed by atoms with Gasteiger partial charge < -0.3 is 0 Å². The molecule has 1 aliphatic carbocycles. The SMILES string of the molecule is C=CC(C)C(CCCCC(C)CC)C(C)C1CC1(C)C(C)CC. The summed E-state index contributed by atoms with van der Waals surface area (Å²) in [5, 5.41) is 0. The lowest BCUT2D eigenvalue weighted by molar-refractivity contribution is 0.195. The second kappa shape index (κ2) is 9.28. The molecule has 0 nitrogen and oxygen atoms in total. The third kappa shape index (κ3) is 5.36. The Hall–Kier alpha value is -0.260. The van der Waals surface area contributed by atoms with Gasteiger partial charge in [-0.15, -0.1) is 6.58 Å². The van der Waals surface area contributed by atoms with Gasteiger partial charge in [0.2, 0.25) is 0 Å². The summed E-state index contributed by atoms with van der Waals surface area (Å²) in [7, 11) is 0. The molecule has 23 heavy (non-hydrogen) atoms. The van der Waals surface area contributed by atoms with Crippen LogP contribution >= 0.6 is 0 Å². The van der Waals surface area contributed by atoms with Gasteiger partial charge in [0.1, 0.15) is 0 Å². The van der Waals surface area contributed by atoms with Gasteiger partial charge in [-0.2, -0.15) is 0 Å². The quantitative estimate of drug-likeness (QED) is 0.255. The fourth-order valence-electron chi connectivity index (χ4n) is 4.79. The first-order valence-electron chi connectivity index (χ1n) is 10.4. The van der Waals surface area contributed by atoms with Gasteiger partial charge in [-0.05, 0) is 53.8 Å². The Kier molecular flexibility index (Phi) is 8.39. The maximum absolute atomic E-state index is 4.10. The van der Waals surface area contributed by atoms with E-state index in [9.17, 15) is 0 Å². The van der Waals surface area contributed by atoms with Crippen molar-refractivity contribution in [2.24, 2.45) is 40.9 Å². The standard InChI is InChI=1S/C23H44/c1-9-17(4)14-12-13-15-21(18(5)10-2)20(7)22-16-23(22,8)19(6)11-3/h10,17-22H,2,9,11-16H2,1,3-8H3. The summed E-state index contributed by atoms with van der Waals surface area (Å²) >= 11 is 0. The molecule has 0 aromatic carbocycles. The molecule has 136 valence electrons. The zero-order chi connectivity index (χ0) is 17.6. The molecule has 0 N–H and O–H groups in total. The lowest BCUT2D eigenvalue weighted by Gasteiger charge is -2.31. The molecular formula is C23H44. The molecule has 1 saturated carbocycles. The lowest BCUT2D eigenvalue weighted by atomic mass is 9.74. The van der Waals surface area contributed by atoms with Crippen molar-refractivity contribution in [1.29, 1.82) is 0 Å². The summed E-state index contributed by atoms with van der Waals surface area (Å²) in [6, 6.07) is 0. The van der Waals surface area contributed by atoms with Crippen LogP contribution in [0.15, 0.2) is 12.7 Å². The van der Waals surface area contributed by atoms with Crippen molar-refractivity contribution in [3.63, 3.8) is 0 Å². The average molecular weight is 321 g/mol. The third-order valence-electron chi connectivity index (χ3n) is 7.62. The zero-order valence-corrected chi connectivity index (χ0v) is 17.2. The van der Waals surface area contributed by atoms with E-state index in [2.05, 4.69) is 61.1 Å². The summed E-state index contributed by atoms with van der Waals surface area (Å²) in [6.45, 7) is 21.1. The van der Waals surface area contributed by atoms with E-state index < -0.39 is 0 Å². The topological polar surface area (TPSA) is 0 Å². The minimum atomic E-state index is 0.615. The highest BCUT2D eigenvalue weighted by Gasteiger charge is 2.56. The monoisotopic (exact) mass is 320 g/mol. The Labute approximate surface area is 147 Å². The van der Waals surface area contributed by atoms with Crippen LogP contribution in [0.1, 0.15) is 93.4 Å². The highest BCUT2D eigenvalue weighted by molar-refractivity contribution is 5.05. The Balaban J connectivity index is 2.56. The molecule has 0 spiro atoms. The van der Waals surface area contributed by atoms with Crippen molar-refractivity contribution < 1.29 is 0 Å². The van der Waals surface area contributed by atoms with Gasteiger partial charge in [0, 0.05) is 0 Å². The summed E-state index contributed by atoms with van der Waals surface area (Å²) in [6.07, 6.45) is 12.0. The molecular weight excluding hydrogens is 276 g/mol. The van der Waals surface area contributed by atoms with Crippen LogP contribution in [0, 0.1) is 40.9 Å². The fraction of sp³-hybridized carbons (Fsp3) is 0.913. The van der Waals surface area contributed by atoms with Crippen LogP contribution in [-0.2, 0) is 0 Å². The van der Waals surface area contributed by atoms with Crippen LogP contribution in [-0.4, -0.2) is 0 Å². The van der Waals surface area contributed by atoms with Crippen LogP contribution in [0.3, 0.4) is 0 Å². The summed E-state index contributed by atoms with van der Waals surface area (Å²) in [4.78, 5) is 0. The number of hydrogen-bond acceptors (Lipinski definition) is 0. The van der Waals surface area contributed by atoms with Gasteiger partial charge in [-0.1, -0.05) is 86.6 Å². The number of unbranched alkanes of at least 4 members (excludes halogenated alkanes) is 1. The van der Waals surface area contributed by atoms with Gasteiger partial charge in [0.15, 0.2) is 0 Å². The lowest BCUT2D eigenvalue weighted by Crippen LogP contribution is -2.24. The average Bonchev–Trinajstić information content (AvgIpc) is 3.25. The minimum absolute atomic E-state index is 0.615. The van der Waals surface area contributed by atoms with E-state index in [1.54, 1.807) is 0 Å². The van der Waals surface area contributed by atoms with E-state index in [1.165, 1.54) is 44.9 Å². The van der Waals surface area contributed by atoms with E-state index in [1.807, 2.05) is 0 Å². The minimum Gasteiger partial charge on any atom is -0.103 e. The second-order valence-corrected chi connectivity index (χ2v) is 9.04. The molecule has 7 atom stereocenters. The fourth-order valence-corrected chi connectivity index (χ4v) is 4.79. The first-order valence-corrected chi connectivity index (χ1v) is 10.4. The van der Waals surface area contributed by atoms with Gasteiger partial charge in [0.25, 0.3) is 0 Å². The van der Waals surface area contributed by atoms with E-state index in [0.717, 1.165) is 29.6 Å². The largest absolute Gasteiger partial charge is 0.103 e. The van der Waals surface area contributed by atoms with Crippen LogP contribution < -0.4 is 0 Å². The summed E-state index contributed by atoms with van der Waals surface area (Å²) in [5.41, 5.74) is 0.615. The van der Waals surface area contributed by atoms with Gasteiger partial charge in [0.05, 0.1) is 0 Å². The van der Waals surface area contributed by atoms with Crippen molar-refractivity contribution in [1.82, 2.24) is 0 Å². The normalized spacial score (nSPS) is 30.3. The van der Waals surface area contributed by atoms with Crippen molar-refractivity contribution in [3.05, 3.63) is 12.7 Å². The predicted molar refractivity (Wildman–Crippen MR) is 106 cm³/mol. The highest BCUT2D eigenvalue weighted by Crippen LogP contribution is 2.63. The van der Waals surface area contributed by atoms with Crippen molar-refractivity contribution in [3.8, 4) is 0 Å². The smallest absolute Gasteiger partial charge is 0.0234 e. The van der Waals surface area contributed by atoms with E-state index in [-0.39, 0.29) is 0 Å². The molecule has 1 rings (SSSR count). The molecule has 7 unspecified atom stereocenters. The van der Waals surface area contributed by atoms with Crippen LogP contribution in [0.25, 0.3) is 0 Å². The van der Waals surface area contributed by atoms with E-state index in [4.69, 9.17) is 0 Å². The molecule has 0 aromatic rings. The summed E-state index contributed by atoms with van der Waals surface area (Å²) < 4.78 is 0. The van der Waals surface area contributed by atoms with Gasteiger partial charge >= 0.3 is 0 Å². The van der Waals surface area contributed by atoms with Crippen LogP contribution in [0.5, 0.6) is 0 Å².